The molecule has 24 heavy (non-hydrogen) atoms. The third-order valence-electron chi connectivity index (χ3n) is 4.36. The molecule has 0 aromatic carbocycles. The summed E-state index contributed by atoms with van der Waals surface area (Å²) in [5.74, 6) is 2.77. The SMILES string of the molecule is Cc1noc(-c2ccc(N3CCC(Cc4ccccn4)C3)nc2)n1. The predicted molar refractivity (Wildman–Crippen MR) is 90.5 cm³/mol. The Morgan fingerprint density at radius 1 is 1.21 bits per heavy atom. The first-order valence-electron chi connectivity index (χ1n) is 8.19. The van der Waals surface area contributed by atoms with Crippen LogP contribution in [0.15, 0.2) is 47.2 Å². The van der Waals surface area contributed by atoms with Crippen LogP contribution in [0.25, 0.3) is 11.5 Å². The van der Waals surface area contributed by atoms with Gasteiger partial charge in [-0.25, -0.2) is 4.98 Å². The van der Waals surface area contributed by atoms with Crippen LogP contribution in [0.3, 0.4) is 0 Å². The van der Waals surface area contributed by atoms with Gasteiger partial charge in [0.15, 0.2) is 5.82 Å². The van der Waals surface area contributed by atoms with Crippen LogP contribution < -0.4 is 4.90 Å². The van der Waals surface area contributed by atoms with Gasteiger partial charge in [0.2, 0.25) is 0 Å². The van der Waals surface area contributed by atoms with Crippen molar-refractivity contribution in [2.45, 2.75) is 19.8 Å². The summed E-state index contributed by atoms with van der Waals surface area (Å²) < 4.78 is 5.18. The van der Waals surface area contributed by atoms with Gasteiger partial charge < -0.3 is 9.42 Å². The summed E-state index contributed by atoms with van der Waals surface area (Å²) in [6.45, 7) is 3.85. The maximum atomic E-state index is 5.18. The Morgan fingerprint density at radius 2 is 2.17 bits per heavy atom. The number of aromatic nitrogens is 4. The standard InChI is InChI=1S/C18H19N5O/c1-13-21-18(24-22-13)15-5-6-17(20-11-15)23-9-7-14(12-23)10-16-4-2-3-8-19-16/h2-6,8,11,14H,7,9-10,12H2,1H3. The second-order valence-electron chi connectivity index (χ2n) is 6.18. The lowest BCUT2D eigenvalue weighted by Crippen LogP contribution is -2.21. The Labute approximate surface area is 140 Å². The molecule has 1 atom stereocenters. The molecule has 0 amide bonds. The second-order valence-corrected chi connectivity index (χ2v) is 6.18. The van der Waals surface area contributed by atoms with E-state index in [1.54, 1.807) is 13.1 Å². The van der Waals surface area contributed by atoms with Crippen LogP contribution >= 0.6 is 0 Å². The van der Waals surface area contributed by atoms with Gasteiger partial charge in [-0.05, 0) is 49.9 Å². The van der Waals surface area contributed by atoms with Crippen molar-refractivity contribution in [3.05, 3.63) is 54.2 Å². The van der Waals surface area contributed by atoms with Gasteiger partial charge in [-0.3, -0.25) is 4.98 Å². The van der Waals surface area contributed by atoms with Crippen molar-refractivity contribution in [2.24, 2.45) is 5.92 Å². The third kappa shape index (κ3) is 3.13. The summed E-state index contributed by atoms with van der Waals surface area (Å²) in [6, 6.07) is 10.1. The van der Waals surface area contributed by atoms with Crippen LogP contribution in [0.2, 0.25) is 0 Å². The quantitative estimate of drug-likeness (QED) is 0.736. The van der Waals surface area contributed by atoms with E-state index in [0.717, 1.165) is 30.9 Å². The van der Waals surface area contributed by atoms with E-state index in [0.29, 0.717) is 17.6 Å². The fourth-order valence-electron chi connectivity index (χ4n) is 3.14. The molecule has 122 valence electrons. The molecule has 0 spiro atoms. The van der Waals surface area contributed by atoms with Gasteiger partial charge >= 0.3 is 0 Å². The summed E-state index contributed by atoms with van der Waals surface area (Å²) in [7, 11) is 0. The van der Waals surface area contributed by atoms with Gasteiger partial charge in [0, 0.05) is 31.2 Å². The third-order valence-corrected chi connectivity index (χ3v) is 4.36. The number of anilines is 1. The van der Waals surface area contributed by atoms with E-state index >= 15 is 0 Å². The Balaban J connectivity index is 1.41. The number of pyridine rings is 2. The molecule has 1 saturated heterocycles. The van der Waals surface area contributed by atoms with E-state index in [1.165, 1.54) is 12.1 Å². The Bertz CT molecular complexity index is 800. The lowest BCUT2D eigenvalue weighted by molar-refractivity contribution is 0.425. The fourth-order valence-corrected chi connectivity index (χ4v) is 3.14. The highest BCUT2D eigenvalue weighted by Gasteiger charge is 2.24. The van der Waals surface area contributed by atoms with Crippen molar-refractivity contribution >= 4 is 5.82 Å². The Hall–Kier alpha value is -2.76. The van der Waals surface area contributed by atoms with Crippen LogP contribution in [0.1, 0.15) is 17.9 Å². The number of hydrogen-bond acceptors (Lipinski definition) is 6. The van der Waals surface area contributed by atoms with Gasteiger partial charge in [-0.1, -0.05) is 11.2 Å². The molecule has 4 heterocycles. The summed E-state index contributed by atoms with van der Waals surface area (Å²) in [5.41, 5.74) is 2.02. The molecular formula is C18H19N5O. The zero-order valence-corrected chi connectivity index (χ0v) is 13.6. The number of rotatable bonds is 4. The average molecular weight is 321 g/mol. The van der Waals surface area contributed by atoms with Crippen molar-refractivity contribution in [1.29, 1.82) is 0 Å². The van der Waals surface area contributed by atoms with E-state index in [4.69, 9.17) is 4.52 Å². The molecule has 6 heteroatoms. The molecule has 3 aromatic rings. The minimum Gasteiger partial charge on any atom is -0.356 e. The van der Waals surface area contributed by atoms with Crippen LogP contribution in [0.4, 0.5) is 5.82 Å². The molecule has 0 saturated carbocycles. The summed E-state index contributed by atoms with van der Waals surface area (Å²) in [5, 5.41) is 3.81. The van der Waals surface area contributed by atoms with Gasteiger partial charge in [0.1, 0.15) is 5.82 Å². The van der Waals surface area contributed by atoms with Crippen molar-refractivity contribution in [1.82, 2.24) is 20.1 Å². The highest BCUT2D eigenvalue weighted by atomic mass is 16.5. The molecule has 0 radical (unpaired) electrons. The molecule has 4 rings (SSSR count). The molecule has 3 aromatic heterocycles. The maximum absolute atomic E-state index is 5.18. The molecule has 1 fully saturated rings. The lowest BCUT2D eigenvalue weighted by Gasteiger charge is -2.17. The second kappa shape index (κ2) is 6.39. The van der Waals surface area contributed by atoms with Crippen molar-refractivity contribution in [3.63, 3.8) is 0 Å². The largest absolute Gasteiger partial charge is 0.356 e. The first-order valence-corrected chi connectivity index (χ1v) is 8.19. The Morgan fingerprint density at radius 3 is 2.88 bits per heavy atom. The minimum absolute atomic E-state index is 0.515. The lowest BCUT2D eigenvalue weighted by atomic mass is 10.0. The van der Waals surface area contributed by atoms with Gasteiger partial charge in [-0.2, -0.15) is 4.98 Å². The fraction of sp³-hybridized carbons (Fsp3) is 0.333. The Kier molecular flexibility index (Phi) is 3.94. The summed E-state index contributed by atoms with van der Waals surface area (Å²) in [6.07, 6.45) is 5.86. The molecule has 1 aliphatic rings. The van der Waals surface area contributed by atoms with E-state index in [2.05, 4.69) is 37.1 Å². The molecule has 0 bridgehead atoms. The molecule has 0 aliphatic carbocycles. The van der Waals surface area contributed by atoms with E-state index < -0.39 is 0 Å². The van der Waals surface area contributed by atoms with Crippen LogP contribution in [-0.2, 0) is 6.42 Å². The molecular weight excluding hydrogens is 302 g/mol. The first-order chi connectivity index (χ1) is 11.8. The highest BCUT2D eigenvalue weighted by Crippen LogP contribution is 2.26. The normalized spacial score (nSPS) is 17.4. The van der Waals surface area contributed by atoms with Crippen molar-refractivity contribution < 1.29 is 4.52 Å². The number of hydrogen-bond donors (Lipinski definition) is 0. The zero-order chi connectivity index (χ0) is 16.4. The average Bonchev–Trinajstić information content (AvgIpc) is 3.25. The van der Waals surface area contributed by atoms with Crippen molar-refractivity contribution in [2.75, 3.05) is 18.0 Å². The van der Waals surface area contributed by atoms with E-state index in [1.807, 2.05) is 24.4 Å². The molecule has 0 N–H and O–H groups in total. The van der Waals surface area contributed by atoms with Crippen LogP contribution in [0, 0.1) is 12.8 Å². The van der Waals surface area contributed by atoms with E-state index in [-0.39, 0.29) is 0 Å². The predicted octanol–water partition coefficient (Wildman–Crippen LogP) is 2.90. The maximum Gasteiger partial charge on any atom is 0.259 e. The smallest absolute Gasteiger partial charge is 0.259 e. The summed E-state index contributed by atoms with van der Waals surface area (Å²) in [4.78, 5) is 15.6. The van der Waals surface area contributed by atoms with Gasteiger partial charge in [-0.15, -0.1) is 0 Å². The minimum atomic E-state index is 0.515. The molecule has 1 unspecified atom stereocenters. The van der Waals surface area contributed by atoms with Crippen LogP contribution in [0.5, 0.6) is 0 Å². The van der Waals surface area contributed by atoms with E-state index in [9.17, 15) is 0 Å². The topological polar surface area (TPSA) is 67.9 Å². The summed E-state index contributed by atoms with van der Waals surface area (Å²) >= 11 is 0. The number of aryl methyl sites for hydroxylation is 1. The van der Waals surface area contributed by atoms with Gasteiger partial charge in [0.25, 0.3) is 5.89 Å². The highest BCUT2D eigenvalue weighted by molar-refractivity contribution is 5.54. The van der Waals surface area contributed by atoms with Gasteiger partial charge in [0.05, 0.1) is 5.56 Å². The first kappa shape index (κ1) is 14.8. The van der Waals surface area contributed by atoms with Crippen molar-refractivity contribution in [3.8, 4) is 11.5 Å². The monoisotopic (exact) mass is 321 g/mol. The van der Waals surface area contributed by atoms with Crippen LogP contribution in [-0.4, -0.2) is 33.2 Å². The molecule has 1 aliphatic heterocycles. The number of nitrogens with zero attached hydrogens (tertiary/aromatic N) is 5. The molecule has 6 nitrogen and oxygen atoms in total. The zero-order valence-electron chi connectivity index (χ0n) is 13.6.